The van der Waals surface area contributed by atoms with Crippen molar-refractivity contribution in [3.05, 3.63) is 35.4 Å². The van der Waals surface area contributed by atoms with Gasteiger partial charge in [-0.2, -0.15) is 5.26 Å². The van der Waals surface area contributed by atoms with Gasteiger partial charge in [0, 0.05) is 11.8 Å². The fraction of sp³-hybridized carbons (Fsp3) is 0.571. The standard InChI is InChI=1S/C21H27N/c1-2-3-4-5-7-18-9-13-20(14-10-18)21-15-11-19(12-16-21)8-6-17-22/h9-10,13-14,19,21H,2-5,7,11-12,15-16H2,1H3/t19-,21-. The maximum absolute atomic E-state index is 8.52. The van der Waals surface area contributed by atoms with Crippen LogP contribution in [0, 0.1) is 29.1 Å². The zero-order valence-electron chi connectivity index (χ0n) is 13.8. The van der Waals surface area contributed by atoms with Crippen molar-refractivity contribution in [3.8, 4) is 17.9 Å². The van der Waals surface area contributed by atoms with Crippen LogP contribution in [-0.2, 0) is 6.42 Å². The van der Waals surface area contributed by atoms with Crippen LogP contribution in [0.5, 0.6) is 0 Å². The molecule has 0 unspecified atom stereocenters. The predicted molar refractivity (Wildman–Crippen MR) is 92.4 cm³/mol. The second kappa shape index (κ2) is 9.32. The Morgan fingerprint density at radius 3 is 2.36 bits per heavy atom. The van der Waals surface area contributed by atoms with Gasteiger partial charge in [0.15, 0.2) is 6.07 Å². The van der Waals surface area contributed by atoms with Gasteiger partial charge in [-0.05, 0) is 55.6 Å². The quantitative estimate of drug-likeness (QED) is 0.494. The molecule has 1 aromatic rings. The van der Waals surface area contributed by atoms with E-state index in [1.807, 2.05) is 6.07 Å². The normalized spacial score (nSPS) is 20.7. The van der Waals surface area contributed by atoms with Crippen molar-refractivity contribution in [1.29, 1.82) is 5.26 Å². The van der Waals surface area contributed by atoms with Crippen LogP contribution in [-0.4, -0.2) is 0 Å². The first-order chi connectivity index (χ1) is 10.8. The highest BCUT2D eigenvalue weighted by Crippen LogP contribution is 2.35. The summed E-state index contributed by atoms with van der Waals surface area (Å²) in [5.74, 6) is 6.77. The van der Waals surface area contributed by atoms with E-state index in [-0.39, 0.29) is 0 Å². The molecule has 0 radical (unpaired) electrons. The van der Waals surface area contributed by atoms with Crippen molar-refractivity contribution in [3.63, 3.8) is 0 Å². The SMILES string of the molecule is CCCCCCc1ccc([C@H]2CC[C@H](C#CC#N)CC2)cc1. The van der Waals surface area contributed by atoms with Crippen LogP contribution in [0.2, 0.25) is 0 Å². The van der Waals surface area contributed by atoms with Crippen molar-refractivity contribution < 1.29 is 0 Å². The molecule has 2 rings (SSSR count). The summed E-state index contributed by atoms with van der Waals surface area (Å²) in [5.41, 5.74) is 2.97. The summed E-state index contributed by atoms with van der Waals surface area (Å²) in [6, 6.07) is 11.2. The van der Waals surface area contributed by atoms with Crippen LogP contribution in [0.25, 0.3) is 0 Å². The third kappa shape index (κ3) is 5.23. The highest BCUT2D eigenvalue weighted by Gasteiger charge is 2.21. The van der Waals surface area contributed by atoms with E-state index >= 15 is 0 Å². The first-order valence-electron chi connectivity index (χ1n) is 8.82. The lowest BCUT2D eigenvalue weighted by molar-refractivity contribution is 0.384. The Labute approximate surface area is 135 Å². The van der Waals surface area contributed by atoms with Gasteiger partial charge in [0.1, 0.15) is 0 Å². The summed E-state index contributed by atoms with van der Waals surface area (Å²) in [6.07, 6.45) is 11.2. The van der Waals surface area contributed by atoms with Gasteiger partial charge in [0.2, 0.25) is 0 Å². The molecule has 1 heteroatoms. The highest BCUT2D eigenvalue weighted by molar-refractivity contribution is 5.26. The molecule has 1 aromatic carbocycles. The Kier molecular flexibility index (Phi) is 7.05. The molecule has 0 N–H and O–H groups in total. The molecule has 0 aliphatic heterocycles. The second-order valence-electron chi connectivity index (χ2n) is 6.48. The molecule has 1 saturated carbocycles. The number of nitrogens with zero attached hydrogens (tertiary/aromatic N) is 1. The minimum Gasteiger partial charge on any atom is -0.183 e. The smallest absolute Gasteiger partial charge is 0.152 e. The lowest BCUT2D eigenvalue weighted by Gasteiger charge is -2.26. The Balaban J connectivity index is 1.80. The Bertz CT molecular complexity index is 530. The summed E-state index contributed by atoms with van der Waals surface area (Å²) < 4.78 is 0. The summed E-state index contributed by atoms with van der Waals surface area (Å²) in [4.78, 5) is 0. The van der Waals surface area contributed by atoms with Gasteiger partial charge in [-0.15, -0.1) is 0 Å². The Morgan fingerprint density at radius 2 is 1.73 bits per heavy atom. The molecule has 1 aliphatic rings. The van der Waals surface area contributed by atoms with Gasteiger partial charge in [-0.1, -0.05) is 56.4 Å². The van der Waals surface area contributed by atoms with E-state index in [0.717, 1.165) is 12.8 Å². The highest BCUT2D eigenvalue weighted by atomic mass is 14.3. The lowest BCUT2D eigenvalue weighted by atomic mass is 9.79. The Morgan fingerprint density at radius 1 is 1.00 bits per heavy atom. The number of rotatable bonds is 6. The molecule has 0 spiro atoms. The minimum absolute atomic E-state index is 0.439. The van der Waals surface area contributed by atoms with Crippen molar-refractivity contribution in [2.45, 2.75) is 70.6 Å². The second-order valence-corrected chi connectivity index (χ2v) is 6.48. The van der Waals surface area contributed by atoms with Gasteiger partial charge >= 0.3 is 0 Å². The third-order valence-electron chi connectivity index (χ3n) is 4.83. The van der Waals surface area contributed by atoms with Gasteiger partial charge in [0.05, 0.1) is 0 Å². The van der Waals surface area contributed by atoms with E-state index in [4.69, 9.17) is 5.26 Å². The molecule has 0 saturated heterocycles. The maximum Gasteiger partial charge on any atom is 0.152 e. The third-order valence-corrected chi connectivity index (χ3v) is 4.83. The van der Waals surface area contributed by atoms with Crippen LogP contribution in [0.1, 0.15) is 75.3 Å². The van der Waals surface area contributed by atoms with Crippen molar-refractivity contribution in [2.75, 3.05) is 0 Å². The molecule has 1 aliphatic carbocycles. The molecule has 0 bridgehead atoms. The van der Waals surface area contributed by atoms with E-state index < -0.39 is 0 Å². The fourth-order valence-corrected chi connectivity index (χ4v) is 3.42. The van der Waals surface area contributed by atoms with Crippen molar-refractivity contribution >= 4 is 0 Å². The summed E-state index contributed by atoms with van der Waals surface area (Å²) >= 11 is 0. The van der Waals surface area contributed by atoms with E-state index in [1.165, 1.54) is 56.1 Å². The number of benzene rings is 1. The Hall–Kier alpha value is -1.73. The largest absolute Gasteiger partial charge is 0.183 e. The molecular formula is C21H27N. The van der Waals surface area contributed by atoms with Crippen molar-refractivity contribution in [2.24, 2.45) is 5.92 Å². The summed E-state index contributed by atoms with van der Waals surface area (Å²) in [6.45, 7) is 2.26. The summed E-state index contributed by atoms with van der Waals surface area (Å²) in [5, 5.41) is 8.52. The zero-order valence-corrected chi connectivity index (χ0v) is 13.8. The predicted octanol–water partition coefficient (Wildman–Crippen LogP) is 5.61. The molecule has 1 nitrogen and oxygen atoms in total. The van der Waals surface area contributed by atoms with Crippen LogP contribution >= 0.6 is 0 Å². The minimum atomic E-state index is 0.439. The molecule has 0 aromatic heterocycles. The number of hydrogen-bond acceptors (Lipinski definition) is 1. The molecule has 0 atom stereocenters. The van der Waals surface area contributed by atoms with E-state index in [2.05, 4.69) is 43.0 Å². The number of unbranched alkanes of at least 4 members (excludes halogenated alkanes) is 3. The van der Waals surface area contributed by atoms with Gasteiger partial charge < -0.3 is 0 Å². The molecular weight excluding hydrogens is 266 g/mol. The molecule has 22 heavy (non-hydrogen) atoms. The lowest BCUT2D eigenvalue weighted by Crippen LogP contribution is -2.12. The topological polar surface area (TPSA) is 23.8 Å². The first-order valence-corrected chi connectivity index (χ1v) is 8.82. The molecule has 1 fully saturated rings. The van der Waals surface area contributed by atoms with Gasteiger partial charge in [-0.25, -0.2) is 0 Å². The average Bonchev–Trinajstić information content (AvgIpc) is 2.58. The van der Waals surface area contributed by atoms with E-state index in [9.17, 15) is 0 Å². The van der Waals surface area contributed by atoms with E-state index in [0.29, 0.717) is 11.8 Å². The molecule has 116 valence electrons. The average molecular weight is 293 g/mol. The number of hydrogen-bond donors (Lipinski definition) is 0. The maximum atomic E-state index is 8.52. The number of aryl methyl sites for hydroxylation is 1. The van der Waals surface area contributed by atoms with Crippen LogP contribution < -0.4 is 0 Å². The first kappa shape index (κ1) is 16.6. The van der Waals surface area contributed by atoms with E-state index in [1.54, 1.807) is 0 Å². The van der Waals surface area contributed by atoms with Crippen LogP contribution in [0.4, 0.5) is 0 Å². The van der Waals surface area contributed by atoms with Crippen molar-refractivity contribution in [1.82, 2.24) is 0 Å². The van der Waals surface area contributed by atoms with Crippen LogP contribution in [0.3, 0.4) is 0 Å². The molecule has 0 amide bonds. The number of nitriles is 1. The van der Waals surface area contributed by atoms with Gasteiger partial charge in [0.25, 0.3) is 0 Å². The van der Waals surface area contributed by atoms with Gasteiger partial charge in [-0.3, -0.25) is 0 Å². The molecule has 0 heterocycles. The monoisotopic (exact) mass is 293 g/mol. The fourth-order valence-electron chi connectivity index (χ4n) is 3.42. The van der Waals surface area contributed by atoms with Crippen LogP contribution in [0.15, 0.2) is 24.3 Å². The zero-order chi connectivity index (χ0) is 15.6. The summed E-state index contributed by atoms with van der Waals surface area (Å²) in [7, 11) is 0.